The standard InChI is InChI=1S/C20H32N2O6/c1-4-7-10-21-17(24)16-20-9-8-13(28-20)14(19(26)27-6-3)15(20)18(25)22(16)12(5-2)11-23/h12-16,23H,4-11H2,1-3H3,(H,21,24)/t12-,13+,14-,15-,16+,20-/m0/s1. The number of likely N-dealkylation sites (tertiary alicyclic amines) is 1. The number of hydrogen-bond acceptors (Lipinski definition) is 6. The first-order valence-corrected chi connectivity index (χ1v) is 10.5. The number of unbranched alkanes of at least 4 members (excludes halogenated alkanes) is 1. The fourth-order valence-electron chi connectivity index (χ4n) is 5.19. The van der Waals surface area contributed by atoms with Gasteiger partial charge in [0.15, 0.2) is 0 Å². The van der Waals surface area contributed by atoms with E-state index in [4.69, 9.17) is 9.47 Å². The smallest absolute Gasteiger partial charge is 0.312 e. The van der Waals surface area contributed by atoms with Crippen molar-refractivity contribution in [2.45, 2.75) is 76.7 Å². The minimum atomic E-state index is -1.02. The van der Waals surface area contributed by atoms with E-state index in [0.29, 0.717) is 25.8 Å². The number of esters is 1. The van der Waals surface area contributed by atoms with Crippen molar-refractivity contribution in [1.29, 1.82) is 0 Å². The number of hydrogen-bond donors (Lipinski definition) is 2. The zero-order valence-corrected chi connectivity index (χ0v) is 17.0. The highest BCUT2D eigenvalue weighted by molar-refractivity contribution is 5.98. The summed E-state index contributed by atoms with van der Waals surface area (Å²) in [7, 11) is 0. The molecule has 2 N–H and O–H groups in total. The van der Waals surface area contributed by atoms with Crippen molar-refractivity contribution in [2.75, 3.05) is 19.8 Å². The molecule has 0 saturated carbocycles. The van der Waals surface area contributed by atoms with Gasteiger partial charge in [0, 0.05) is 6.54 Å². The van der Waals surface area contributed by atoms with Crippen LogP contribution in [-0.2, 0) is 23.9 Å². The highest BCUT2D eigenvalue weighted by Gasteiger charge is 2.75. The van der Waals surface area contributed by atoms with E-state index in [1.807, 2.05) is 13.8 Å². The predicted octanol–water partition coefficient (Wildman–Crippen LogP) is 0.611. The Balaban J connectivity index is 1.97. The van der Waals surface area contributed by atoms with Crippen LogP contribution in [0.5, 0.6) is 0 Å². The van der Waals surface area contributed by atoms with Gasteiger partial charge in [0.1, 0.15) is 11.6 Å². The molecule has 0 aromatic rings. The molecule has 0 aliphatic carbocycles. The zero-order chi connectivity index (χ0) is 20.5. The molecule has 0 radical (unpaired) electrons. The van der Waals surface area contributed by atoms with Crippen LogP contribution >= 0.6 is 0 Å². The number of nitrogens with zero attached hydrogens (tertiary/aromatic N) is 1. The van der Waals surface area contributed by atoms with Crippen molar-refractivity contribution in [3.05, 3.63) is 0 Å². The molecule has 28 heavy (non-hydrogen) atoms. The first-order chi connectivity index (χ1) is 13.5. The number of aliphatic hydroxyl groups excluding tert-OH is 1. The molecule has 8 heteroatoms. The Morgan fingerprint density at radius 1 is 1.39 bits per heavy atom. The van der Waals surface area contributed by atoms with E-state index in [-0.39, 0.29) is 25.0 Å². The van der Waals surface area contributed by atoms with Gasteiger partial charge in [-0.2, -0.15) is 0 Å². The highest BCUT2D eigenvalue weighted by Crippen LogP contribution is 2.59. The molecule has 158 valence electrons. The maximum Gasteiger partial charge on any atom is 0.312 e. The summed E-state index contributed by atoms with van der Waals surface area (Å²) in [5.41, 5.74) is -1.02. The average molecular weight is 396 g/mol. The van der Waals surface area contributed by atoms with Crippen LogP contribution in [0.15, 0.2) is 0 Å². The number of aliphatic hydroxyl groups is 1. The summed E-state index contributed by atoms with van der Waals surface area (Å²) in [4.78, 5) is 40.7. The van der Waals surface area contributed by atoms with Gasteiger partial charge >= 0.3 is 5.97 Å². The summed E-state index contributed by atoms with van der Waals surface area (Å²) < 4.78 is 11.5. The monoisotopic (exact) mass is 396 g/mol. The van der Waals surface area contributed by atoms with E-state index < -0.39 is 41.6 Å². The van der Waals surface area contributed by atoms with E-state index in [9.17, 15) is 19.5 Å². The lowest BCUT2D eigenvalue weighted by molar-refractivity contribution is -0.155. The van der Waals surface area contributed by atoms with Crippen LogP contribution in [0, 0.1) is 11.8 Å². The molecule has 0 aromatic heterocycles. The third-order valence-corrected chi connectivity index (χ3v) is 6.45. The lowest BCUT2D eigenvalue weighted by Crippen LogP contribution is -2.58. The molecule has 1 spiro atoms. The number of carbonyl (C=O) groups excluding carboxylic acids is 3. The van der Waals surface area contributed by atoms with E-state index >= 15 is 0 Å². The molecule has 0 aromatic carbocycles. The van der Waals surface area contributed by atoms with Crippen molar-refractivity contribution in [1.82, 2.24) is 10.2 Å². The summed E-state index contributed by atoms with van der Waals surface area (Å²) in [6.45, 7) is 6.15. The number of fused-ring (bicyclic) bond motifs is 1. The van der Waals surface area contributed by atoms with Crippen LogP contribution in [-0.4, -0.2) is 71.3 Å². The second-order valence-electron chi connectivity index (χ2n) is 7.94. The second kappa shape index (κ2) is 8.37. The Morgan fingerprint density at radius 3 is 2.75 bits per heavy atom. The maximum absolute atomic E-state index is 13.4. The fourth-order valence-corrected chi connectivity index (χ4v) is 5.19. The number of carbonyl (C=O) groups is 3. The molecule has 3 rings (SSSR count). The Bertz CT molecular complexity index is 622. The lowest BCUT2D eigenvalue weighted by atomic mass is 9.71. The summed E-state index contributed by atoms with van der Waals surface area (Å²) in [6, 6.07) is -1.32. The third-order valence-electron chi connectivity index (χ3n) is 6.45. The van der Waals surface area contributed by atoms with Crippen LogP contribution in [0.4, 0.5) is 0 Å². The molecule has 6 atom stereocenters. The van der Waals surface area contributed by atoms with Crippen molar-refractivity contribution in [3.63, 3.8) is 0 Å². The van der Waals surface area contributed by atoms with E-state index in [1.54, 1.807) is 6.92 Å². The van der Waals surface area contributed by atoms with Crippen LogP contribution in [0.1, 0.15) is 52.9 Å². The minimum Gasteiger partial charge on any atom is -0.466 e. The van der Waals surface area contributed by atoms with Gasteiger partial charge in [0.05, 0.1) is 37.2 Å². The number of rotatable bonds is 9. The number of ether oxygens (including phenoxy) is 2. The maximum atomic E-state index is 13.4. The fraction of sp³-hybridized carbons (Fsp3) is 0.850. The van der Waals surface area contributed by atoms with Gasteiger partial charge in [0.2, 0.25) is 11.8 Å². The third kappa shape index (κ3) is 3.10. The summed E-state index contributed by atoms with van der Waals surface area (Å²) >= 11 is 0. The van der Waals surface area contributed by atoms with Gasteiger partial charge in [-0.3, -0.25) is 14.4 Å². The van der Waals surface area contributed by atoms with Gasteiger partial charge < -0.3 is 24.8 Å². The van der Waals surface area contributed by atoms with Crippen molar-refractivity contribution in [3.8, 4) is 0 Å². The Hall–Kier alpha value is -1.67. The van der Waals surface area contributed by atoms with Gasteiger partial charge in [-0.05, 0) is 32.6 Å². The molecule has 2 amide bonds. The zero-order valence-electron chi connectivity index (χ0n) is 17.0. The summed E-state index contributed by atoms with van der Waals surface area (Å²) in [6.07, 6.45) is 3.07. The first kappa shape index (κ1) is 21.0. The van der Waals surface area contributed by atoms with E-state index in [0.717, 1.165) is 12.8 Å². The van der Waals surface area contributed by atoms with E-state index in [2.05, 4.69) is 5.32 Å². The van der Waals surface area contributed by atoms with Crippen molar-refractivity contribution >= 4 is 17.8 Å². The molecular formula is C20H32N2O6. The van der Waals surface area contributed by atoms with Gasteiger partial charge in [-0.15, -0.1) is 0 Å². The first-order valence-electron chi connectivity index (χ1n) is 10.5. The number of nitrogens with one attached hydrogen (secondary N) is 1. The molecule has 2 bridgehead atoms. The lowest BCUT2D eigenvalue weighted by Gasteiger charge is -2.36. The van der Waals surface area contributed by atoms with E-state index in [1.165, 1.54) is 4.90 Å². The molecule has 3 saturated heterocycles. The molecule has 0 unspecified atom stereocenters. The Kier molecular flexibility index (Phi) is 6.29. The van der Waals surface area contributed by atoms with Crippen LogP contribution in [0.25, 0.3) is 0 Å². The topological polar surface area (TPSA) is 105 Å². The van der Waals surface area contributed by atoms with Crippen LogP contribution in [0.2, 0.25) is 0 Å². The Morgan fingerprint density at radius 2 is 2.14 bits per heavy atom. The quantitative estimate of drug-likeness (QED) is 0.437. The highest BCUT2D eigenvalue weighted by atomic mass is 16.6. The second-order valence-corrected chi connectivity index (χ2v) is 7.94. The molecule has 3 fully saturated rings. The SMILES string of the molecule is CCCCNC(=O)[C@H]1N([C@@H](CC)CO)C(=O)[C@@H]2[C@@H](C(=O)OCC)[C@H]3CC[C@]21O3. The number of amides is 2. The molecule has 8 nitrogen and oxygen atoms in total. The largest absolute Gasteiger partial charge is 0.466 e. The molecule has 3 heterocycles. The molecule has 3 aliphatic rings. The summed E-state index contributed by atoms with van der Waals surface area (Å²) in [5.74, 6) is -2.39. The molecular weight excluding hydrogens is 364 g/mol. The van der Waals surface area contributed by atoms with Gasteiger partial charge in [-0.25, -0.2) is 0 Å². The molecule has 3 aliphatic heterocycles. The predicted molar refractivity (Wildman–Crippen MR) is 100 cm³/mol. The summed E-state index contributed by atoms with van der Waals surface area (Å²) in [5, 5.41) is 12.8. The van der Waals surface area contributed by atoms with Crippen molar-refractivity contribution < 1.29 is 29.0 Å². The minimum absolute atomic E-state index is 0.231. The Labute approximate surface area is 165 Å². The normalized spacial score (nSPS) is 34.4. The van der Waals surface area contributed by atoms with Crippen LogP contribution in [0.3, 0.4) is 0 Å². The van der Waals surface area contributed by atoms with Gasteiger partial charge in [0.25, 0.3) is 0 Å². The van der Waals surface area contributed by atoms with Crippen molar-refractivity contribution in [2.24, 2.45) is 11.8 Å². The average Bonchev–Trinajstić information content (AvgIpc) is 3.31. The van der Waals surface area contributed by atoms with Gasteiger partial charge in [-0.1, -0.05) is 20.3 Å². The van der Waals surface area contributed by atoms with Crippen LogP contribution < -0.4 is 5.32 Å².